The summed E-state index contributed by atoms with van der Waals surface area (Å²) in [6, 6.07) is 1.36. The number of rotatable bonds is 4. The molecule has 0 saturated carbocycles. The van der Waals surface area contributed by atoms with E-state index in [0.717, 1.165) is 11.3 Å². The number of aliphatic carboxylic acids is 1. The van der Waals surface area contributed by atoms with Crippen LogP contribution in [-0.4, -0.2) is 54.3 Å². The molecule has 0 spiro atoms. The van der Waals surface area contributed by atoms with Crippen LogP contribution in [0.4, 0.5) is 8.78 Å². The van der Waals surface area contributed by atoms with Crippen molar-refractivity contribution in [3.05, 3.63) is 15.8 Å². The van der Waals surface area contributed by atoms with E-state index in [-0.39, 0.29) is 30.3 Å². The molecule has 1 aromatic heterocycles. The van der Waals surface area contributed by atoms with E-state index in [1.54, 1.807) is 6.92 Å². The monoisotopic (exact) mass is 321 g/mol. The normalized spacial score (nSPS) is 18.9. The van der Waals surface area contributed by atoms with Gasteiger partial charge in [0.25, 0.3) is 5.91 Å². The molecule has 0 radical (unpaired) electrons. The summed E-state index contributed by atoms with van der Waals surface area (Å²) >= 11 is 1.03. The maximum Gasteiger partial charge on any atom is 0.387 e. The van der Waals surface area contributed by atoms with Crippen molar-refractivity contribution in [1.29, 1.82) is 0 Å². The van der Waals surface area contributed by atoms with Gasteiger partial charge in [-0.3, -0.25) is 4.79 Å². The van der Waals surface area contributed by atoms with E-state index in [0.29, 0.717) is 4.88 Å². The van der Waals surface area contributed by atoms with Crippen LogP contribution >= 0.6 is 11.3 Å². The summed E-state index contributed by atoms with van der Waals surface area (Å²) in [6.07, 6.45) is -1.11. The van der Waals surface area contributed by atoms with Crippen LogP contribution < -0.4 is 4.74 Å². The number of carboxylic acids is 1. The molecule has 1 saturated heterocycles. The van der Waals surface area contributed by atoms with Crippen molar-refractivity contribution >= 4 is 23.2 Å². The standard InChI is InChI=1S/C12H13F2NO5S/c1-6-4-7(20-12(13)14)9(21-6)10(16)15-2-3-19-8(5-15)11(17)18/h4,8,12H,2-3,5H2,1H3,(H,17,18). The summed E-state index contributed by atoms with van der Waals surface area (Å²) in [5.41, 5.74) is 0. The molecule has 1 aliphatic heterocycles. The second kappa shape index (κ2) is 6.35. The SMILES string of the molecule is Cc1cc(OC(F)F)c(C(=O)N2CCOC(C(=O)O)C2)s1. The third-order valence-corrected chi connectivity index (χ3v) is 3.88. The van der Waals surface area contributed by atoms with Crippen molar-refractivity contribution in [2.24, 2.45) is 0 Å². The van der Waals surface area contributed by atoms with Gasteiger partial charge in [0, 0.05) is 11.4 Å². The number of carbonyl (C=O) groups excluding carboxylic acids is 1. The van der Waals surface area contributed by atoms with Gasteiger partial charge in [0.1, 0.15) is 10.6 Å². The molecule has 0 aliphatic carbocycles. The fourth-order valence-electron chi connectivity index (χ4n) is 1.95. The van der Waals surface area contributed by atoms with Gasteiger partial charge in [-0.15, -0.1) is 11.3 Å². The first kappa shape index (κ1) is 15.6. The summed E-state index contributed by atoms with van der Waals surface area (Å²) in [4.78, 5) is 25.2. The summed E-state index contributed by atoms with van der Waals surface area (Å²) in [6.45, 7) is -1.20. The van der Waals surface area contributed by atoms with Crippen molar-refractivity contribution < 1.29 is 33.0 Å². The van der Waals surface area contributed by atoms with Gasteiger partial charge in [-0.1, -0.05) is 0 Å². The lowest BCUT2D eigenvalue weighted by molar-refractivity contribution is -0.154. The lowest BCUT2D eigenvalue weighted by Gasteiger charge is -2.30. The van der Waals surface area contributed by atoms with E-state index in [2.05, 4.69) is 4.74 Å². The van der Waals surface area contributed by atoms with Crippen LogP contribution in [-0.2, 0) is 9.53 Å². The van der Waals surface area contributed by atoms with Crippen LogP contribution in [0.2, 0.25) is 0 Å². The first-order chi connectivity index (χ1) is 9.88. The van der Waals surface area contributed by atoms with Crippen molar-refractivity contribution in [3.8, 4) is 5.75 Å². The van der Waals surface area contributed by atoms with Gasteiger partial charge in [0.2, 0.25) is 0 Å². The minimum Gasteiger partial charge on any atom is -0.479 e. The van der Waals surface area contributed by atoms with Gasteiger partial charge in [-0.25, -0.2) is 4.79 Å². The highest BCUT2D eigenvalue weighted by atomic mass is 32.1. The number of hydrogen-bond acceptors (Lipinski definition) is 5. The minimum atomic E-state index is -3.03. The van der Waals surface area contributed by atoms with Gasteiger partial charge >= 0.3 is 12.6 Å². The Balaban J connectivity index is 2.17. The Morgan fingerprint density at radius 3 is 2.90 bits per heavy atom. The third-order valence-electron chi connectivity index (χ3n) is 2.86. The van der Waals surface area contributed by atoms with E-state index >= 15 is 0 Å². The van der Waals surface area contributed by atoms with Crippen molar-refractivity contribution in [1.82, 2.24) is 4.90 Å². The molecule has 1 unspecified atom stereocenters. The molecular formula is C12H13F2NO5S. The van der Waals surface area contributed by atoms with Gasteiger partial charge in [-0.2, -0.15) is 8.78 Å². The fraction of sp³-hybridized carbons (Fsp3) is 0.500. The highest BCUT2D eigenvalue weighted by molar-refractivity contribution is 7.14. The molecule has 1 aliphatic rings. The first-order valence-electron chi connectivity index (χ1n) is 6.07. The number of carboxylic acid groups (broad SMARTS) is 1. The van der Waals surface area contributed by atoms with Gasteiger partial charge in [0.05, 0.1) is 13.2 Å². The number of hydrogen-bond donors (Lipinski definition) is 1. The fourth-order valence-corrected chi connectivity index (χ4v) is 2.86. The molecule has 0 bridgehead atoms. The maximum absolute atomic E-state index is 12.3. The third kappa shape index (κ3) is 3.67. The zero-order valence-corrected chi connectivity index (χ0v) is 11.9. The van der Waals surface area contributed by atoms with Crippen molar-refractivity contribution in [2.75, 3.05) is 19.7 Å². The molecule has 1 aromatic rings. The van der Waals surface area contributed by atoms with E-state index < -0.39 is 24.6 Å². The second-order valence-corrected chi connectivity index (χ2v) is 5.63. The Kier molecular flexibility index (Phi) is 4.73. The maximum atomic E-state index is 12.3. The van der Waals surface area contributed by atoms with E-state index in [9.17, 15) is 18.4 Å². The van der Waals surface area contributed by atoms with E-state index in [4.69, 9.17) is 9.84 Å². The van der Waals surface area contributed by atoms with Gasteiger partial charge in [-0.05, 0) is 13.0 Å². The van der Waals surface area contributed by atoms with Gasteiger partial charge in [0.15, 0.2) is 6.10 Å². The molecule has 1 fully saturated rings. The molecule has 6 nitrogen and oxygen atoms in total. The number of aryl methyl sites for hydroxylation is 1. The van der Waals surface area contributed by atoms with Crippen LogP contribution in [0.3, 0.4) is 0 Å². The Morgan fingerprint density at radius 1 is 1.57 bits per heavy atom. The van der Waals surface area contributed by atoms with Crippen LogP contribution in [0, 0.1) is 6.92 Å². The summed E-state index contributed by atoms with van der Waals surface area (Å²) < 4.78 is 34.0. The highest BCUT2D eigenvalue weighted by Crippen LogP contribution is 2.31. The summed E-state index contributed by atoms with van der Waals surface area (Å²) in [7, 11) is 0. The molecule has 2 heterocycles. The molecule has 116 valence electrons. The predicted octanol–water partition coefficient (Wildman–Crippen LogP) is 1.58. The van der Waals surface area contributed by atoms with Crippen LogP contribution in [0.25, 0.3) is 0 Å². The number of ether oxygens (including phenoxy) is 2. The average Bonchev–Trinajstić information content (AvgIpc) is 2.78. The number of morpholine rings is 1. The zero-order chi connectivity index (χ0) is 15.6. The Morgan fingerprint density at radius 2 is 2.29 bits per heavy atom. The number of alkyl halides is 2. The van der Waals surface area contributed by atoms with Crippen molar-refractivity contribution in [2.45, 2.75) is 19.6 Å². The largest absolute Gasteiger partial charge is 0.479 e. The Labute approximate surface area is 122 Å². The lowest BCUT2D eigenvalue weighted by atomic mass is 10.2. The van der Waals surface area contributed by atoms with Crippen LogP contribution in [0.5, 0.6) is 5.75 Å². The topological polar surface area (TPSA) is 76.1 Å². The average molecular weight is 321 g/mol. The van der Waals surface area contributed by atoms with Crippen LogP contribution in [0.1, 0.15) is 14.5 Å². The lowest BCUT2D eigenvalue weighted by Crippen LogP contribution is -2.48. The Hall–Kier alpha value is -1.74. The van der Waals surface area contributed by atoms with E-state index in [1.807, 2.05) is 0 Å². The second-order valence-electron chi connectivity index (χ2n) is 4.38. The predicted molar refractivity (Wildman–Crippen MR) is 69.0 cm³/mol. The molecule has 1 N–H and O–H groups in total. The quantitative estimate of drug-likeness (QED) is 0.911. The summed E-state index contributed by atoms with van der Waals surface area (Å²) in [5, 5.41) is 8.90. The van der Waals surface area contributed by atoms with Gasteiger partial charge < -0.3 is 19.5 Å². The molecule has 21 heavy (non-hydrogen) atoms. The van der Waals surface area contributed by atoms with Crippen molar-refractivity contribution in [3.63, 3.8) is 0 Å². The molecule has 2 rings (SSSR count). The number of amides is 1. The first-order valence-corrected chi connectivity index (χ1v) is 6.89. The summed E-state index contributed by atoms with van der Waals surface area (Å²) in [5.74, 6) is -1.88. The minimum absolute atomic E-state index is 0.0406. The number of nitrogens with zero attached hydrogens (tertiary/aromatic N) is 1. The highest BCUT2D eigenvalue weighted by Gasteiger charge is 2.31. The smallest absolute Gasteiger partial charge is 0.387 e. The number of carbonyl (C=O) groups is 2. The molecule has 9 heteroatoms. The molecule has 0 aromatic carbocycles. The molecule has 1 amide bonds. The molecular weight excluding hydrogens is 308 g/mol. The molecule has 1 atom stereocenters. The zero-order valence-electron chi connectivity index (χ0n) is 11.0. The Bertz CT molecular complexity index is 548. The number of halogens is 2. The van der Waals surface area contributed by atoms with Crippen LogP contribution in [0.15, 0.2) is 6.07 Å². The number of thiophene rings is 1. The van der Waals surface area contributed by atoms with E-state index in [1.165, 1.54) is 11.0 Å².